The van der Waals surface area contributed by atoms with E-state index < -0.39 is 0 Å². The number of hydrogen-bond acceptors (Lipinski definition) is 3. The number of amides is 2. The molecule has 0 spiro atoms. The quantitative estimate of drug-likeness (QED) is 0.724. The Morgan fingerprint density at radius 1 is 1.04 bits per heavy atom. The molecule has 2 N–H and O–H groups in total. The van der Waals surface area contributed by atoms with Crippen LogP contribution in [0.1, 0.15) is 41.0 Å². The summed E-state index contributed by atoms with van der Waals surface area (Å²) in [5, 5.41) is 5.64. The molecule has 2 rings (SSSR count). The first-order valence-electron chi connectivity index (χ1n) is 8.17. The topological polar surface area (TPSA) is 67.4 Å². The minimum Gasteiger partial charge on any atom is -0.493 e. The van der Waals surface area contributed by atoms with Crippen molar-refractivity contribution in [2.24, 2.45) is 0 Å². The van der Waals surface area contributed by atoms with E-state index in [9.17, 15) is 9.59 Å². The lowest BCUT2D eigenvalue weighted by molar-refractivity contribution is 0.0953. The maximum absolute atomic E-state index is 12.5. The number of nitrogens with one attached hydrogen (secondary N) is 2. The van der Waals surface area contributed by atoms with E-state index >= 15 is 0 Å². The minimum atomic E-state index is -0.270. The summed E-state index contributed by atoms with van der Waals surface area (Å²) in [6.07, 6.45) is 0.884. The molecule has 0 atom stereocenters. The van der Waals surface area contributed by atoms with Crippen molar-refractivity contribution in [3.8, 4) is 5.75 Å². The molecule has 0 saturated carbocycles. The van der Waals surface area contributed by atoms with Crippen molar-refractivity contribution >= 4 is 33.4 Å². The Bertz CT molecular complexity index is 745. The Labute approximate surface area is 155 Å². The van der Waals surface area contributed by atoms with Crippen molar-refractivity contribution in [1.82, 2.24) is 5.32 Å². The lowest BCUT2D eigenvalue weighted by atomic mass is 10.1. The first-order valence-corrected chi connectivity index (χ1v) is 8.96. The predicted octanol–water partition coefficient (Wildman–Crippen LogP) is 4.24. The molecule has 5 nitrogen and oxygen atoms in total. The van der Waals surface area contributed by atoms with Crippen LogP contribution >= 0.6 is 15.9 Å². The molecule has 132 valence electrons. The molecule has 0 radical (unpaired) electrons. The van der Waals surface area contributed by atoms with Gasteiger partial charge in [0.2, 0.25) is 0 Å². The van der Waals surface area contributed by atoms with Gasteiger partial charge >= 0.3 is 0 Å². The predicted molar refractivity (Wildman–Crippen MR) is 102 cm³/mol. The molecule has 0 aromatic heterocycles. The van der Waals surface area contributed by atoms with E-state index in [4.69, 9.17) is 4.74 Å². The maximum atomic E-state index is 12.5. The molecule has 0 aliphatic rings. The second kappa shape index (κ2) is 9.22. The van der Waals surface area contributed by atoms with Crippen molar-refractivity contribution in [3.05, 3.63) is 58.1 Å². The molecule has 2 amide bonds. The van der Waals surface area contributed by atoms with Crippen LogP contribution in [-0.2, 0) is 0 Å². The zero-order valence-electron chi connectivity index (χ0n) is 14.3. The molecule has 0 saturated heterocycles. The Morgan fingerprint density at radius 3 is 2.40 bits per heavy atom. The van der Waals surface area contributed by atoms with E-state index in [1.807, 2.05) is 19.9 Å². The second-order valence-corrected chi connectivity index (χ2v) is 6.28. The number of anilines is 1. The SMILES string of the molecule is CCCNC(=O)c1ccc(NC(=O)c2cc(Br)ccc2OCC)cc1. The summed E-state index contributed by atoms with van der Waals surface area (Å²) in [5.41, 5.74) is 1.62. The Balaban J connectivity index is 2.10. The van der Waals surface area contributed by atoms with Crippen LogP contribution in [-0.4, -0.2) is 25.0 Å². The van der Waals surface area contributed by atoms with E-state index in [1.54, 1.807) is 36.4 Å². The maximum Gasteiger partial charge on any atom is 0.259 e. The van der Waals surface area contributed by atoms with E-state index in [1.165, 1.54) is 0 Å². The summed E-state index contributed by atoms with van der Waals surface area (Å²) in [4.78, 5) is 24.4. The van der Waals surface area contributed by atoms with Gasteiger partial charge in [0, 0.05) is 22.3 Å². The van der Waals surface area contributed by atoms with Gasteiger partial charge in [-0.05, 0) is 55.8 Å². The van der Waals surface area contributed by atoms with Crippen molar-refractivity contribution in [2.75, 3.05) is 18.5 Å². The number of rotatable bonds is 7. The number of benzene rings is 2. The molecule has 0 heterocycles. The summed E-state index contributed by atoms with van der Waals surface area (Å²) in [6, 6.07) is 12.1. The average molecular weight is 405 g/mol. The van der Waals surface area contributed by atoms with E-state index in [-0.39, 0.29) is 11.8 Å². The van der Waals surface area contributed by atoms with Crippen LogP contribution in [0.3, 0.4) is 0 Å². The van der Waals surface area contributed by atoms with Crippen LogP contribution in [0.15, 0.2) is 46.9 Å². The smallest absolute Gasteiger partial charge is 0.259 e. The van der Waals surface area contributed by atoms with Crippen molar-refractivity contribution in [2.45, 2.75) is 20.3 Å². The standard InChI is InChI=1S/C19H21BrN2O3/c1-3-11-21-18(23)13-5-8-15(9-6-13)22-19(24)16-12-14(20)7-10-17(16)25-4-2/h5-10,12H,3-4,11H2,1-2H3,(H,21,23)(H,22,24). The summed E-state index contributed by atoms with van der Waals surface area (Å²) in [5.74, 6) is 0.136. The third-order valence-corrected chi connectivity index (χ3v) is 3.92. The number of halogens is 1. The van der Waals surface area contributed by atoms with Gasteiger partial charge in [-0.2, -0.15) is 0 Å². The molecule has 6 heteroatoms. The minimum absolute atomic E-state index is 0.120. The summed E-state index contributed by atoms with van der Waals surface area (Å²) in [7, 11) is 0. The third-order valence-electron chi connectivity index (χ3n) is 3.43. The highest BCUT2D eigenvalue weighted by molar-refractivity contribution is 9.10. The van der Waals surface area contributed by atoms with Crippen LogP contribution in [0.2, 0.25) is 0 Å². The van der Waals surface area contributed by atoms with Gasteiger partial charge in [0.15, 0.2) is 0 Å². The van der Waals surface area contributed by atoms with Gasteiger partial charge < -0.3 is 15.4 Å². The Kier molecular flexibility index (Phi) is 7.01. The molecule has 0 bridgehead atoms. The number of carbonyl (C=O) groups excluding carboxylic acids is 2. The van der Waals surface area contributed by atoms with Crippen LogP contribution in [0.5, 0.6) is 5.75 Å². The average Bonchev–Trinajstić information content (AvgIpc) is 2.62. The van der Waals surface area contributed by atoms with Crippen molar-refractivity contribution < 1.29 is 14.3 Å². The zero-order chi connectivity index (χ0) is 18.2. The number of carbonyl (C=O) groups is 2. The number of ether oxygens (including phenoxy) is 1. The lowest BCUT2D eigenvalue weighted by Crippen LogP contribution is -2.23. The highest BCUT2D eigenvalue weighted by Crippen LogP contribution is 2.24. The monoisotopic (exact) mass is 404 g/mol. The van der Waals surface area contributed by atoms with Crippen molar-refractivity contribution in [3.63, 3.8) is 0 Å². The van der Waals surface area contributed by atoms with Gasteiger partial charge in [-0.15, -0.1) is 0 Å². The van der Waals surface area contributed by atoms with Gasteiger partial charge in [0.1, 0.15) is 5.75 Å². The highest BCUT2D eigenvalue weighted by atomic mass is 79.9. The van der Waals surface area contributed by atoms with Gasteiger partial charge in [-0.25, -0.2) is 0 Å². The summed E-state index contributed by atoms with van der Waals surface area (Å²) < 4.78 is 6.30. The van der Waals surface area contributed by atoms with Crippen LogP contribution in [0, 0.1) is 0 Å². The van der Waals surface area contributed by atoms with Gasteiger partial charge in [-0.1, -0.05) is 22.9 Å². The molecule has 2 aromatic carbocycles. The van der Waals surface area contributed by atoms with Gasteiger partial charge in [0.25, 0.3) is 11.8 Å². The van der Waals surface area contributed by atoms with E-state index in [0.717, 1.165) is 10.9 Å². The second-order valence-electron chi connectivity index (χ2n) is 5.36. The fourth-order valence-electron chi connectivity index (χ4n) is 2.20. The molecule has 0 aliphatic heterocycles. The van der Waals surface area contributed by atoms with Crippen LogP contribution in [0.25, 0.3) is 0 Å². The molecule has 0 unspecified atom stereocenters. The Morgan fingerprint density at radius 2 is 1.76 bits per heavy atom. The van der Waals surface area contributed by atoms with Crippen LogP contribution < -0.4 is 15.4 Å². The first-order chi connectivity index (χ1) is 12.0. The first kappa shape index (κ1) is 19.0. The zero-order valence-corrected chi connectivity index (χ0v) is 15.9. The molecular formula is C19H21BrN2O3. The lowest BCUT2D eigenvalue weighted by Gasteiger charge is -2.11. The van der Waals surface area contributed by atoms with Gasteiger partial charge in [-0.3, -0.25) is 9.59 Å². The third kappa shape index (κ3) is 5.32. The normalized spacial score (nSPS) is 10.2. The molecular weight excluding hydrogens is 384 g/mol. The Hall–Kier alpha value is -2.34. The van der Waals surface area contributed by atoms with Gasteiger partial charge in [0.05, 0.1) is 12.2 Å². The van der Waals surface area contributed by atoms with Crippen LogP contribution in [0.4, 0.5) is 5.69 Å². The molecule has 0 aliphatic carbocycles. The summed E-state index contributed by atoms with van der Waals surface area (Å²) >= 11 is 3.37. The molecule has 0 fully saturated rings. The fraction of sp³-hybridized carbons (Fsp3) is 0.263. The fourth-order valence-corrected chi connectivity index (χ4v) is 2.57. The highest BCUT2D eigenvalue weighted by Gasteiger charge is 2.14. The largest absolute Gasteiger partial charge is 0.493 e. The number of hydrogen-bond donors (Lipinski definition) is 2. The van der Waals surface area contributed by atoms with E-state index in [0.29, 0.717) is 35.7 Å². The van der Waals surface area contributed by atoms with E-state index in [2.05, 4.69) is 26.6 Å². The van der Waals surface area contributed by atoms with Crippen molar-refractivity contribution in [1.29, 1.82) is 0 Å². The molecule has 2 aromatic rings. The molecule has 25 heavy (non-hydrogen) atoms. The summed E-state index contributed by atoms with van der Waals surface area (Å²) in [6.45, 7) is 4.98.